The predicted molar refractivity (Wildman–Crippen MR) is 82.6 cm³/mol. The molecule has 0 heterocycles. The van der Waals surface area contributed by atoms with E-state index in [9.17, 15) is 0 Å². The van der Waals surface area contributed by atoms with Gasteiger partial charge in [0.05, 0.1) is 0 Å². The first-order valence-electron chi connectivity index (χ1n) is 7.43. The third kappa shape index (κ3) is 6.64. The van der Waals surface area contributed by atoms with Crippen molar-refractivity contribution in [1.82, 2.24) is 0 Å². The van der Waals surface area contributed by atoms with Gasteiger partial charge in [0.15, 0.2) is 0 Å². The Morgan fingerprint density at radius 3 is 2.22 bits per heavy atom. The largest absolute Gasteiger partial charge is 0.0952 e. The molecule has 18 heavy (non-hydrogen) atoms. The Kier molecular flexibility index (Phi) is 7.48. The summed E-state index contributed by atoms with van der Waals surface area (Å²) in [6, 6.07) is 10.6. The van der Waals surface area contributed by atoms with Crippen LogP contribution in [0.4, 0.5) is 0 Å². The van der Waals surface area contributed by atoms with Crippen LogP contribution in [0.15, 0.2) is 36.9 Å². The average molecular weight is 244 g/mol. The average Bonchev–Trinajstić information content (AvgIpc) is 2.38. The van der Waals surface area contributed by atoms with Gasteiger partial charge in [0.2, 0.25) is 0 Å². The molecule has 1 aromatic rings. The SMILES string of the molecule is C=C(CCCCCCCC(C)C)c1ccccc1. The second-order valence-electron chi connectivity index (χ2n) is 5.67. The van der Waals surface area contributed by atoms with Crippen LogP contribution in [0.3, 0.4) is 0 Å². The van der Waals surface area contributed by atoms with Crippen LogP contribution in [0.2, 0.25) is 0 Å². The van der Waals surface area contributed by atoms with Gasteiger partial charge in [0, 0.05) is 0 Å². The van der Waals surface area contributed by atoms with Crippen LogP contribution >= 0.6 is 0 Å². The van der Waals surface area contributed by atoms with Crippen molar-refractivity contribution < 1.29 is 0 Å². The molecular weight excluding hydrogens is 216 g/mol. The molecule has 1 rings (SSSR count). The molecule has 0 bridgehead atoms. The molecule has 0 unspecified atom stereocenters. The van der Waals surface area contributed by atoms with Crippen molar-refractivity contribution in [3.63, 3.8) is 0 Å². The second kappa shape index (κ2) is 8.97. The van der Waals surface area contributed by atoms with Gasteiger partial charge < -0.3 is 0 Å². The third-order valence-corrected chi connectivity index (χ3v) is 3.44. The van der Waals surface area contributed by atoms with Gasteiger partial charge in [0.25, 0.3) is 0 Å². The summed E-state index contributed by atoms with van der Waals surface area (Å²) < 4.78 is 0. The highest BCUT2D eigenvalue weighted by Gasteiger charge is 1.98. The number of allylic oxidation sites excluding steroid dienone is 1. The van der Waals surface area contributed by atoms with Crippen LogP contribution in [0.5, 0.6) is 0 Å². The maximum Gasteiger partial charge on any atom is -0.0230 e. The maximum absolute atomic E-state index is 4.18. The summed E-state index contributed by atoms with van der Waals surface area (Å²) in [4.78, 5) is 0. The summed E-state index contributed by atoms with van der Waals surface area (Å²) in [5.74, 6) is 0.864. The van der Waals surface area contributed by atoms with E-state index in [2.05, 4.69) is 50.8 Å². The zero-order chi connectivity index (χ0) is 13.2. The molecule has 0 saturated carbocycles. The van der Waals surface area contributed by atoms with E-state index in [0.29, 0.717) is 0 Å². The number of hydrogen-bond acceptors (Lipinski definition) is 0. The Balaban J connectivity index is 2.03. The van der Waals surface area contributed by atoms with E-state index in [0.717, 1.165) is 12.3 Å². The molecule has 0 saturated heterocycles. The lowest BCUT2D eigenvalue weighted by Crippen LogP contribution is -1.88. The highest BCUT2D eigenvalue weighted by molar-refractivity contribution is 5.62. The molecule has 0 radical (unpaired) electrons. The summed E-state index contributed by atoms with van der Waals surface area (Å²) in [5, 5.41) is 0. The van der Waals surface area contributed by atoms with Crippen LogP contribution in [-0.2, 0) is 0 Å². The topological polar surface area (TPSA) is 0 Å². The van der Waals surface area contributed by atoms with E-state index >= 15 is 0 Å². The van der Waals surface area contributed by atoms with Crippen molar-refractivity contribution in [2.75, 3.05) is 0 Å². The van der Waals surface area contributed by atoms with E-state index in [1.165, 1.54) is 49.7 Å². The minimum Gasteiger partial charge on any atom is -0.0952 e. The van der Waals surface area contributed by atoms with Crippen molar-refractivity contribution in [3.8, 4) is 0 Å². The van der Waals surface area contributed by atoms with E-state index in [-0.39, 0.29) is 0 Å². The van der Waals surface area contributed by atoms with Crippen molar-refractivity contribution in [1.29, 1.82) is 0 Å². The molecule has 0 spiro atoms. The van der Waals surface area contributed by atoms with Gasteiger partial charge in [-0.25, -0.2) is 0 Å². The monoisotopic (exact) mass is 244 g/mol. The fourth-order valence-corrected chi connectivity index (χ4v) is 2.24. The zero-order valence-electron chi connectivity index (χ0n) is 12.1. The summed E-state index contributed by atoms with van der Waals surface area (Å²) >= 11 is 0. The molecule has 0 aliphatic heterocycles. The minimum atomic E-state index is 0.864. The lowest BCUT2D eigenvalue weighted by Gasteiger charge is -2.06. The van der Waals surface area contributed by atoms with Crippen LogP contribution in [0, 0.1) is 5.92 Å². The lowest BCUT2D eigenvalue weighted by atomic mass is 9.99. The van der Waals surface area contributed by atoms with E-state index < -0.39 is 0 Å². The number of benzene rings is 1. The Hall–Kier alpha value is -1.04. The molecule has 1 aromatic carbocycles. The Bertz CT molecular complexity index is 321. The van der Waals surface area contributed by atoms with Crippen molar-refractivity contribution in [2.45, 2.75) is 58.8 Å². The molecule has 100 valence electrons. The lowest BCUT2D eigenvalue weighted by molar-refractivity contribution is 0.516. The van der Waals surface area contributed by atoms with E-state index in [4.69, 9.17) is 0 Å². The molecule has 0 atom stereocenters. The standard InChI is InChI=1S/C18H28/c1-16(2)12-8-5-4-6-9-13-17(3)18-14-10-7-11-15-18/h7,10-11,14-16H,3-6,8-9,12-13H2,1-2H3. The van der Waals surface area contributed by atoms with Gasteiger partial charge >= 0.3 is 0 Å². The fourth-order valence-electron chi connectivity index (χ4n) is 2.24. The molecule has 0 fully saturated rings. The van der Waals surface area contributed by atoms with Crippen LogP contribution < -0.4 is 0 Å². The maximum atomic E-state index is 4.18. The summed E-state index contributed by atoms with van der Waals surface area (Å²) in [6.07, 6.45) is 9.35. The zero-order valence-corrected chi connectivity index (χ0v) is 12.1. The first kappa shape index (κ1) is 15.0. The normalized spacial score (nSPS) is 10.8. The molecular formula is C18H28. The molecule has 0 aromatic heterocycles. The van der Waals surface area contributed by atoms with E-state index in [1.807, 2.05) is 0 Å². The molecule has 0 aliphatic carbocycles. The van der Waals surface area contributed by atoms with Gasteiger partial charge in [-0.15, -0.1) is 0 Å². The highest BCUT2D eigenvalue weighted by atomic mass is 14.0. The van der Waals surface area contributed by atoms with Gasteiger partial charge in [-0.1, -0.05) is 82.9 Å². The van der Waals surface area contributed by atoms with Gasteiger partial charge in [-0.3, -0.25) is 0 Å². The Morgan fingerprint density at radius 1 is 0.944 bits per heavy atom. The van der Waals surface area contributed by atoms with Crippen LogP contribution in [0.25, 0.3) is 5.57 Å². The predicted octanol–water partition coefficient (Wildman–Crippen LogP) is 6.09. The second-order valence-corrected chi connectivity index (χ2v) is 5.67. The number of unbranched alkanes of at least 4 members (excludes halogenated alkanes) is 4. The first-order chi connectivity index (χ1) is 8.70. The molecule has 0 nitrogen and oxygen atoms in total. The summed E-state index contributed by atoms with van der Waals surface area (Å²) in [7, 11) is 0. The first-order valence-corrected chi connectivity index (χ1v) is 7.43. The summed E-state index contributed by atoms with van der Waals surface area (Å²) in [5.41, 5.74) is 2.59. The van der Waals surface area contributed by atoms with Gasteiger partial charge in [0.1, 0.15) is 0 Å². The molecule has 0 aliphatic rings. The van der Waals surface area contributed by atoms with Crippen molar-refractivity contribution in [2.24, 2.45) is 5.92 Å². The van der Waals surface area contributed by atoms with Crippen LogP contribution in [-0.4, -0.2) is 0 Å². The molecule has 0 amide bonds. The Morgan fingerprint density at radius 2 is 1.56 bits per heavy atom. The molecule has 0 heteroatoms. The third-order valence-electron chi connectivity index (χ3n) is 3.44. The number of hydrogen-bond donors (Lipinski definition) is 0. The van der Waals surface area contributed by atoms with Gasteiger partial charge in [-0.2, -0.15) is 0 Å². The van der Waals surface area contributed by atoms with Crippen LogP contribution in [0.1, 0.15) is 64.4 Å². The summed E-state index contributed by atoms with van der Waals surface area (Å²) in [6.45, 7) is 8.80. The Labute approximate surface area is 113 Å². The van der Waals surface area contributed by atoms with Crippen molar-refractivity contribution >= 4 is 5.57 Å². The van der Waals surface area contributed by atoms with Gasteiger partial charge in [-0.05, 0) is 29.9 Å². The van der Waals surface area contributed by atoms with Crippen molar-refractivity contribution in [3.05, 3.63) is 42.5 Å². The highest BCUT2D eigenvalue weighted by Crippen LogP contribution is 2.19. The molecule has 0 N–H and O–H groups in total. The quantitative estimate of drug-likeness (QED) is 0.461. The smallest absolute Gasteiger partial charge is 0.0230 e. The fraction of sp³-hybridized carbons (Fsp3) is 0.556. The number of rotatable bonds is 9. The van der Waals surface area contributed by atoms with E-state index in [1.54, 1.807) is 0 Å². The minimum absolute atomic E-state index is 0.864.